The summed E-state index contributed by atoms with van der Waals surface area (Å²) in [5, 5.41) is 13.3. The van der Waals surface area contributed by atoms with Crippen molar-refractivity contribution in [1.29, 1.82) is 0 Å². The van der Waals surface area contributed by atoms with Crippen LogP contribution in [0.25, 0.3) is 0 Å². The molecule has 9 heteroatoms. The molecule has 2 atom stereocenters. The molecule has 0 spiro atoms. The molecule has 1 aliphatic heterocycles. The number of carboxylic acid groups (broad SMARTS) is 1. The third-order valence-electron chi connectivity index (χ3n) is 4.41. The second kappa shape index (κ2) is 6.34. The van der Waals surface area contributed by atoms with Gasteiger partial charge in [-0.2, -0.15) is 18.3 Å². The van der Waals surface area contributed by atoms with E-state index in [1.165, 1.54) is 6.20 Å². The minimum Gasteiger partial charge on any atom is -0.481 e. The fourth-order valence-corrected chi connectivity index (χ4v) is 3.19. The predicted molar refractivity (Wildman–Crippen MR) is 83.2 cm³/mol. The van der Waals surface area contributed by atoms with Gasteiger partial charge in [-0.15, -0.1) is 0 Å². The molecule has 0 aliphatic carbocycles. The Bertz CT molecular complexity index is 676. The maximum absolute atomic E-state index is 13.1. The number of likely N-dealkylation sites (tertiary alicyclic amines) is 1. The number of nitrogens with zero attached hydrogens (tertiary/aromatic N) is 3. The Balaban J connectivity index is 2.33. The zero-order chi connectivity index (χ0) is 19.2. The number of hydrogen-bond donors (Lipinski definition) is 1. The molecule has 25 heavy (non-hydrogen) atoms. The van der Waals surface area contributed by atoms with Crippen LogP contribution in [-0.4, -0.2) is 50.9 Å². The molecular weight excluding hydrogens is 339 g/mol. The third kappa shape index (κ3) is 3.64. The summed E-state index contributed by atoms with van der Waals surface area (Å²) in [7, 11) is 0. The van der Waals surface area contributed by atoms with Gasteiger partial charge in [0.1, 0.15) is 0 Å². The van der Waals surface area contributed by atoms with E-state index >= 15 is 0 Å². The summed E-state index contributed by atoms with van der Waals surface area (Å²) in [5.74, 6) is -5.85. The molecule has 1 N–H and O–H groups in total. The molecule has 0 radical (unpaired) electrons. The van der Waals surface area contributed by atoms with E-state index in [4.69, 9.17) is 5.11 Å². The maximum atomic E-state index is 13.1. The van der Waals surface area contributed by atoms with Crippen molar-refractivity contribution in [3.05, 3.63) is 17.5 Å². The number of aliphatic carboxylic acids is 1. The van der Waals surface area contributed by atoms with Crippen LogP contribution in [0.1, 0.15) is 43.7 Å². The first-order chi connectivity index (χ1) is 11.4. The molecule has 1 aromatic rings. The van der Waals surface area contributed by atoms with Gasteiger partial charge in [-0.25, -0.2) is 0 Å². The SMILES string of the molecule is CCc1c(C(=O)N2C[C@@H](C(F)(F)F)[C@H](C(=O)O)C2)cnn1C(C)(C)C. The fraction of sp³-hybridized carbons (Fsp3) is 0.688. The quantitative estimate of drug-likeness (QED) is 0.898. The van der Waals surface area contributed by atoms with Gasteiger partial charge in [-0.1, -0.05) is 6.92 Å². The Morgan fingerprint density at radius 2 is 1.88 bits per heavy atom. The van der Waals surface area contributed by atoms with Gasteiger partial charge in [-0.3, -0.25) is 14.3 Å². The molecule has 1 aromatic heterocycles. The van der Waals surface area contributed by atoms with Crippen molar-refractivity contribution in [2.45, 2.75) is 45.8 Å². The van der Waals surface area contributed by atoms with Crippen LogP contribution in [-0.2, 0) is 16.8 Å². The number of rotatable bonds is 3. The van der Waals surface area contributed by atoms with E-state index in [0.717, 1.165) is 4.90 Å². The first-order valence-corrected chi connectivity index (χ1v) is 8.04. The van der Waals surface area contributed by atoms with Crippen molar-refractivity contribution < 1.29 is 27.9 Å². The lowest BCUT2D eigenvalue weighted by Gasteiger charge is -2.23. The topological polar surface area (TPSA) is 75.4 Å². The Morgan fingerprint density at radius 3 is 2.28 bits per heavy atom. The van der Waals surface area contributed by atoms with Crippen LogP contribution in [0, 0.1) is 11.8 Å². The second-order valence-electron chi connectivity index (χ2n) is 7.24. The lowest BCUT2D eigenvalue weighted by atomic mass is 9.96. The van der Waals surface area contributed by atoms with Crippen molar-refractivity contribution in [1.82, 2.24) is 14.7 Å². The number of halogens is 3. The normalized spacial score (nSPS) is 21.6. The number of amides is 1. The Labute approximate surface area is 143 Å². The Morgan fingerprint density at radius 1 is 1.28 bits per heavy atom. The van der Waals surface area contributed by atoms with Gasteiger partial charge in [0.05, 0.1) is 34.8 Å². The second-order valence-corrected chi connectivity index (χ2v) is 7.24. The van der Waals surface area contributed by atoms with Gasteiger partial charge in [0, 0.05) is 13.1 Å². The van der Waals surface area contributed by atoms with Crippen molar-refractivity contribution in [2.24, 2.45) is 11.8 Å². The summed E-state index contributed by atoms with van der Waals surface area (Å²) in [6.07, 6.45) is -2.83. The molecule has 0 bridgehead atoms. The smallest absolute Gasteiger partial charge is 0.394 e. The van der Waals surface area contributed by atoms with Crippen LogP contribution >= 0.6 is 0 Å². The Hall–Kier alpha value is -2.06. The Kier molecular flexibility index (Phi) is 4.89. The lowest BCUT2D eigenvalue weighted by Crippen LogP contribution is -2.34. The maximum Gasteiger partial charge on any atom is 0.394 e. The van der Waals surface area contributed by atoms with E-state index in [0.29, 0.717) is 12.1 Å². The van der Waals surface area contributed by atoms with Crippen molar-refractivity contribution in [2.75, 3.05) is 13.1 Å². The molecule has 1 amide bonds. The lowest BCUT2D eigenvalue weighted by molar-refractivity contribution is -0.187. The largest absolute Gasteiger partial charge is 0.481 e. The van der Waals surface area contributed by atoms with Crippen molar-refractivity contribution in [3.63, 3.8) is 0 Å². The monoisotopic (exact) mass is 361 g/mol. The number of alkyl halides is 3. The summed E-state index contributed by atoms with van der Waals surface area (Å²) in [5.41, 5.74) is 0.469. The number of aromatic nitrogens is 2. The number of carbonyl (C=O) groups excluding carboxylic acids is 1. The number of carboxylic acids is 1. The molecule has 2 rings (SSSR count). The third-order valence-corrected chi connectivity index (χ3v) is 4.41. The van der Waals surface area contributed by atoms with Crippen LogP contribution < -0.4 is 0 Å². The van der Waals surface area contributed by atoms with Crippen LogP contribution in [0.3, 0.4) is 0 Å². The van der Waals surface area contributed by atoms with Gasteiger partial charge in [0.25, 0.3) is 5.91 Å². The van der Waals surface area contributed by atoms with Gasteiger partial charge < -0.3 is 10.0 Å². The van der Waals surface area contributed by atoms with Crippen LogP contribution in [0.15, 0.2) is 6.20 Å². The predicted octanol–water partition coefficient (Wildman–Crippen LogP) is 2.54. The van der Waals surface area contributed by atoms with E-state index in [1.54, 1.807) is 4.68 Å². The minimum atomic E-state index is -4.67. The van der Waals surface area contributed by atoms with E-state index < -0.39 is 43.0 Å². The van der Waals surface area contributed by atoms with Gasteiger partial charge in [-0.05, 0) is 27.2 Å². The molecule has 6 nitrogen and oxygen atoms in total. The summed E-state index contributed by atoms with van der Waals surface area (Å²) in [4.78, 5) is 24.9. The molecule has 1 aliphatic rings. The zero-order valence-electron chi connectivity index (χ0n) is 14.6. The highest BCUT2D eigenvalue weighted by Crippen LogP contribution is 2.38. The van der Waals surface area contributed by atoms with E-state index in [2.05, 4.69) is 5.10 Å². The van der Waals surface area contributed by atoms with Crippen LogP contribution in [0.4, 0.5) is 13.2 Å². The molecule has 1 fully saturated rings. The molecule has 0 aromatic carbocycles. The summed E-state index contributed by atoms with van der Waals surface area (Å²) in [6.45, 7) is 6.44. The standard InChI is InChI=1S/C16H22F3N3O3/c1-5-12-9(6-20-22(12)15(2,3)4)13(23)21-7-10(14(24)25)11(8-21)16(17,18)19/h6,10-11H,5,7-8H2,1-4H3,(H,24,25)/t10-,11-/m1/s1. The van der Waals surface area contributed by atoms with Gasteiger partial charge >= 0.3 is 12.1 Å². The molecule has 0 unspecified atom stereocenters. The van der Waals surface area contributed by atoms with E-state index in [-0.39, 0.29) is 11.1 Å². The molecule has 140 valence electrons. The first-order valence-electron chi connectivity index (χ1n) is 8.04. The van der Waals surface area contributed by atoms with Crippen LogP contribution in [0.2, 0.25) is 0 Å². The summed E-state index contributed by atoms with van der Waals surface area (Å²) in [6, 6.07) is 0. The average Bonchev–Trinajstić information content (AvgIpc) is 3.09. The molecule has 1 saturated heterocycles. The minimum absolute atomic E-state index is 0.226. The first kappa shape index (κ1) is 19.3. The summed E-state index contributed by atoms with van der Waals surface area (Å²) < 4.78 is 41.0. The summed E-state index contributed by atoms with van der Waals surface area (Å²) >= 11 is 0. The van der Waals surface area contributed by atoms with Crippen molar-refractivity contribution in [3.8, 4) is 0 Å². The van der Waals surface area contributed by atoms with E-state index in [9.17, 15) is 22.8 Å². The molecule has 2 heterocycles. The van der Waals surface area contributed by atoms with Gasteiger partial charge in [0.15, 0.2) is 0 Å². The average molecular weight is 361 g/mol. The highest BCUT2D eigenvalue weighted by Gasteiger charge is 2.53. The molecular formula is C16H22F3N3O3. The number of carbonyl (C=O) groups is 2. The highest BCUT2D eigenvalue weighted by atomic mass is 19.4. The fourth-order valence-electron chi connectivity index (χ4n) is 3.19. The highest BCUT2D eigenvalue weighted by molar-refractivity contribution is 5.95. The van der Waals surface area contributed by atoms with Crippen molar-refractivity contribution >= 4 is 11.9 Å². The van der Waals surface area contributed by atoms with Gasteiger partial charge in [0.2, 0.25) is 0 Å². The zero-order valence-corrected chi connectivity index (χ0v) is 14.6. The molecule has 0 saturated carbocycles. The number of hydrogen-bond acceptors (Lipinski definition) is 3. The van der Waals surface area contributed by atoms with Crippen LogP contribution in [0.5, 0.6) is 0 Å². The van der Waals surface area contributed by atoms with E-state index in [1.807, 2.05) is 27.7 Å².